The van der Waals surface area contributed by atoms with E-state index in [0.717, 1.165) is 16.8 Å². The van der Waals surface area contributed by atoms with E-state index in [-0.39, 0.29) is 24.8 Å². The van der Waals surface area contributed by atoms with Gasteiger partial charge in [0.05, 0.1) is 0 Å². The standard InChI is InChI=1S/C23H19N2O3P.2ClH/c26-29(27,28)23(21-7-3-1-4-8-21)25-17-13-20(14-18-25)19-11-15-24(16-12-19)22-9-5-2-6-10-22;;/h1-18,23H;2*1H. The molecule has 2 N–H and O–H groups in total. The van der Waals surface area contributed by atoms with E-state index in [2.05, 4.69) is 0 Å². The van der Waals surface area contributed by atoms with Gasteiger partial charge in [-0.3, -0.25) is 4.57 Å². The lowest BCUT2D eigenvalue weighted by Crippen LogP contribution is -3.00. The van der Waals surface area contributed by atoms with E-state index in [0.29, 0.717) is 5.56 Å². The van der Waals surface area contributed by atoms with Crippen molar-refractivity contribution in [2.45, 2.75) is 5.78 Å². The van der Waals surface area contributed by atoms with Gasteiger partial charge in [0.1, 0.15) is 0 Å². The minimum absolute atomic E-state index is 0. The molecule has 0 amide bonds. The molecule has 0 aliphatic rings. The summed E-state index contributed by atoms with van der Waals surface area (Å²) in [6.07, 6.45) is 7.41. The Labute approximate surface area is 193 Å². The van der Waals surface area contributed by atoms with Gasteiger partial charge in [0.2, 0.25) is 5.69 Å². The zero-order valence-corrected chi connectivity index (χ0v) is 18.8. The first-order chi connectivity index (χ1) is 14.0. The lowest BCUT2D eigenvalue weighted by Gasteiger charge is -2.14. The molecule has 2 aromatic carbocycles. The fraction of sp³-hybridized carbons (Fsp3) is 0.0435. The van der Waals surface area contributed by atoms with Crippen LogP contribution < -0.4 is 33.9 Å². The number of benzene rings is 2. The van der Waals surface area contributed by atoms with E-state index in [1.807, 2.05) is 77.6 Å². The topological polar surface area (TPSA) is 65.3 Å². The SMILES string of the molecule is O=P(O)(O)C(c1ccccc1)[n+]1ccc(-c2cc[n+](-c3ccccc3)cc2)cc1.[Cl-].[Cl-]. The summed E-state index contributed by atoms with van der Waals surface area (Å²) in [5.41, 5.74) is 3.65. The third kappa shape index (κ3) is 5.79. The van der Waals surface area contributed by atoms with Crippen molar-refractivity contribution in [3.8, 4) is 16.8 Å². The highest BCUT2D eigenvalue weighted by molar-refractivity contribution is 7.51. The van der Waals surface area contributed by atoms with Gasteiger partial charge in [-0.1, -0.05) is 48.5 Å². The molecule has 5 nitrogen and oxygen atoms in total. The molecule has 2 heterocycles. The van der Waals surface area contributed by atoms with Crippen LogP contribution in [0.2, 0.25) is 0 Å². The van der Waals surface area contributed by atoms with Gasteiger partial charge >= 0.3 is 7.60 Å². The number of pyridine rings is 2. The molecule has 0 saturated carbocycles. The van der Waals surface area contributed by atoms with E-state index in [4.69, 9.17) is 0 Å². The van der Waals surface area contributed by atoms with Gasteiger partial charge < -0.3 is 34.6 Å². The van der Waals surface area contributed by atoms with E-state index in [9.17, 15) is 14.4 Å². The minimum atomic E-state index is -4.39. The molecule has 31 heavy (non-hydrogen) atoms. The third-order valence-corrected chi connectivity index (χ3v) is 5.97. The maximum absolute atomic E-state index is 12.1. The molecule has 0 spiro atoms. The maximum Gasteiger partial charge on any atom is 0.398 e. The van der Waals surface area contributed by atoms with E-state index in [1.165, 1.54) is 0 Å². The first-order valence-corrected chi connectivity index (χ1v) is 10.9. The van der Waals surface area contributed by atoms with Crippen LogP contribution >= 0.6 is 7.60 Å². The maximum atomic E-state index is 12.1. The van der Waals surface area contributed by atoms with Gasteiger partial charge in [-0.2, -0.15) is 9.13 Å². The van der Waals surface area contributed by atoms with Crippen molar-refractivity contribution in [3.63, 3.8) is 0 Å². The summed E-state index contributed by atoms with van der Waals surface area (Å²) in [4.78, 5) is 19.8. The lowest BCUT2D eigenvalue weighted by atomic mass is 10.1. The molecule has 0 aliphatic heterocycles. The van der Waals surface area contributed by atoms with Crippen LogP contribution in [0.1, 0.15) is 11.3 Å². The third-order valence-electron chi connectivity index (χ3n) is 4.77. The van der Waals surface area contributed by atoms with Crippen molar-refractivity contribution < 1.29 is 48.3 Å². The molecule has 0 fully saturated rings. The van der Waals surface area contributed by atoms with Crippen molar-refractivity contribution in [2.24, 2.45) is 0 Å². The van der Waals surface area contributed by atoms with E-state index >= 15 is 0 Å². The number of nitrogens with zero attached hydrogens (tertiary/aromatic N) is 2. The number of halogens is 2. The number of para-hydroxylation sites is 1. The minimum Gasteiger partial charge on any atom is -1.00 e. The summed E-state index contributed by atoms with van der Waals surface area (Å²) in [6.45, 7) is 0. The molecule has 8 heteroatoms. The molecule has 2 aromatic heterocycles. The van der Waals surface area contributed by atoms with Gasteiger partial charge in [-0.25, -0.2) is 0 Å². The van der Waals surface area contributed by atoms with Crippen LogP contribution in [-0.2, 0) is 4.57 Å². The van der Waals surface area contributed by atoms with Crippen LogP contribution in [0.25, 0.3) is 16.8 Å². The average molecular weight is 475 g/mol. The Morgan fingerprint density at radius 3 is 1.58 bits per heavy atom. The largest absolute Gasteiger partial charge is 1.00 e. The van der Waals surface area contributed by atoms with Gasteiger partial charge in [0, 0.05) is 42.0 Å². The Morgan fingerprint density at radius 1 is 0.645 bits per heavy atom. The van der Waals surface area contributed by atoms with E-state index < -0.39 is 13.4 Å². The number of hydrogen-bond acceptors (Lipinski definition) is 1. The van der Waals surface area contributed by atoms with E-state index in [1.54, 1.807) is 41.2 Å². The van der Waals surface area contributed by atoms with Gasteiger partial charge in [-0.15, -0.1) is 0 Å². The summed E-state index contributed by atoms with van der Waals surface area (Å²) in [5, 5.41) is 0. The molecule has 0 bridgehead atoms. The Balaban J connectivity index is 0.00000171. The number of aromatic nitrogens is 2. The second-order valence-corrected chi connectivity index (χ2v) is 8.40. The highest BCUT2D eigenvalue weighted by Gasteiger charge is 2.38. The second-order valence-electron chi connectivity index (χ2n) is 6.74. The molecule has 160 valence electrons. The van der Waals surface area contributed by atoms with Crippen LogP contribution in [0.5, 0.6) is 0 Å². The summed E-state index contributed by atoms with van der Waals surface area (Å²) in [5.74, 6) is -1.05. The lowest BCUT2D eigenvalue weighted by molar-refractivity contribution is -0.695. The first-order valence-electron chi connectivity index (χ1n) is 9.20. The van der Waals surface area contributed by atoms with Crippen LogP contribution in [0.3, 0.4) is 0 Å². The molecule has 0 saturated heterocycles. The summed E-state index contributed by atoms with van der Waals surface area (Å²) in [7, 11) is -4.39. The Kier molecular flexibility index (Phi) is 8.52. The highest BCUT2D eigenvalue weighted by atomic mass is 35.5. The Hall–Kier alpha value is -2.53. The number of hydrogen-bond donors (Lipinski definition) is 2. The molecule has 4 rings (SSSR count). The zero-order chi connectivity index (χ0) is 20.3. The van der Waals surface area contributed by atoms with Crippen molar-refractivity contribution in [1.82, 2.24) is 0 Å². The zero-order valence-electron chi connectivity index (χ0n) is 16.4. The van der Waals surface area contributed by atoms with Crippen molar-refractivity contribution >= 4 is 7.60 Å². The van der Waals surface area contributed by atoms with Gasteiger partial charge in [-0.05, 0) is 11.1 Å². The Bertz CT molecular complexity index is 1140. The molecule has 4 aromatic rings. The molecular weight excluding hydrogens is 454 g/mol. The van der Waals surface area contributed by atoms with Crippen molar-refractivity contribution in [3.05, 3.63) is 115 Å². The predicted molar refractivity (Wildman–Crippen MR) is 110 cm³/mol. The molecule has 0 radical (unpaired) electrons. The highest BCUT2D eigenvalue weighted by Crippen LogP contribution is 2.49. The van der Waals surface area contributed by atoms with Crippen LogP contribution in [-0.4, -0.2) is 9.79 Å². The van der Waals surface area contributed by atoms with Gasteiger partial charge in [0.15, 0.2) is 24.8 Å². The molecule has 0 aliphatic carbocycles. The summed E-state index contributed by atoms with van der Waals surface area (Å²) < 4.78 is 15.7. The first kappa shape index (κ1) is 24.7. The number of rotatable bonds is 5. The average Bonchev–Trinajstić information content (AvgIpc) is 2.75. The van der Waals surface area contributed by atoms with Crippen LogP contribution in [0.15, 0.2) is 110 Å². The fourth-order valence-electron chi connectivity index (χ4n) is 3.35. The smallest absolute Gasteiger partial charge is 0.398 e. The summed E-state index contributed by atoms with van der Waals surface area (Å²) in [6, 6.07) is 26.7. The molecular formula is C23H21Cl2N2O3P. The molecule has 1 atom stereocenters. The van der Waals surface area contributed by atoms with Crippen molar-refractivity contribution in [1.29, 1.82) is 0 Å². The Morgan fingerprint density at radius 2 is 1.10 bits per heavy atom. The van der Waals surface area contributed by atoms with Crippen molar-refractivity contribution in [2.75, 3.05) is 0 Å². The predicted octanol–water partition coefficient (Wildman–Crippen LogP) is -2.35. The molecule has 1 unspecified atom stereocenters. The second kappa shape index (κ2) is 10.7. The van der Waals surface area contributed by atoms with Gasteiger partial charge in [0.25, 0.3) is 5.78 Å². The monoisotopic (exact) mass is 474 g/mol. The fourth-order valence-corrected chi connectivity index (χ4v) is 4.41. The van der Waals surface area contributed by atoms with Crippen LogP contribution in [0.4, 0.5) is 0 Å². The van der Waals surface area contributed by atoms with Crippen LogP contribution in [0, 0.1) is 0 Å². The summed E-state index contributed by atoms with van der Waals surface area (Å²) >= 11 is 0. The quantitative estimate of drug-likeness (QED) is 0.251. The normalized spacial score (nSPS) is 11.7.